The number of aryl methyl sites for hydroxylation is 1. The van der Waals surface area contributed by atoms with Crippen LogP contribution in [0.15, 0.2) is 70.0 Å². The van der Waals surface area contributed by atoms with Crippen molar-refractivity contribution in [3.05, 3.63) is 82.7 Å². The Morgan fingerprint density at radius 3 is 2.64 bits per heavy atom. The Morgan fingerprint density at radius 1 is 1.12 bits per heavy atom. The lowest BCUT2D eigenvalue weighted by atomic mass is 10.1. The van der Waals surface area contributed by atoms with Crippen LogP contribution in [0.25, 0.3) is 0 Å². The first kappa shape index (κ1) is 24.7. The summed E-state index contributed by atoms with van der Waals surface area (Å²) in [5, 5.41) is 8.77. The number of thioether (sulfide) groups is 2. The van der Waals surface area contributed by atoms with Gasteiger partial charge in [0.25, 0.3) is 6.43 Å². The van der Waals surface area contributed by atoms with Gasteiger partial charge in [-0.15, -0.1) is 5.10 Å². The number of hydrogen-bond acceptors (Lipinski definition) is 7. The van der Waals surface area contributed by atoms with E-state index in [0.717, 1.165) is 16.7 Å². The standard InChI is InChI=1S/C23H23F2N5OS2/c1-15-10-19(21(24)25)29-23(28-15)33-14-18-11-17(8-9-20(18)31-2)12-27-30-22(26)32-13-16-6-4-3-5-7-16/h3-12,21H,13-14H2,1-2H3,(H2,26,30). The summed E-state index contributed by atoms with van der Waals surface area (Å²) >= 11 is 2.67. The summed E-state index contributed by atoms with van der Waals surface area (Å²) in [4.78, 5) is 8.17. The van der Waals surface area contributed by atoms with E-state index in [1.165, 1.54) is 29.6 Å². The predicted molar refractivity (Wildman–Crippen MR) is 131 cm³/mol. The highest BCUT2D eigenvalue weighted by Crippen LogP contribution is 2.28. The number of amidine groups is 1. The van der Waals surface area contributed by atoms with Gasteiger partial charge in [0.05, 0.1) is 13.3 Å². The van der Waals surface area contributed by atoms with Crippen LogP contribution in [-0.4, -0.2) is 28.5 Å². The molecule has 0 bridgehead atoms. The molecule has 10 heteroatoms. The van der Waals surface area contributed by atoms with Gasteiger partial charge in [0.2, 0.25) is 0 Å². The summed E-state index contributed by atoms with van der Waals surface area (Å²) in [6, 6.07) is 16.8. The van der Waals surface area contributed by atoms with Crippen LogP contribution < -0.4 is 10.5 Å². The molecule has 0 spiro atoms. The van der Waals surface area contributed by atoms with E-state index in [1.807, 2.05) is 48.5 Å². The van der Waals surface area contributed by atoms with Crippen LogP contribution in [0.2, 0.25) is 0 Å². The maximum atomic E-state index is 13.0. The van der Waals surface area contributed by atoms with E-state index in [9.17, 15) is 8.78 Å². The van der Waals surface area contributed by atoms with E-state index in [-0.39, 0.29) is 5.69 Å². The second-order valence-electron chi connectivity index (χ2n) is 6.83. The minimum atomic E-state index is -2.64. The Morgan fingerprint density at radius 2 is 1.91 bits per heavy atom. The van der Waals surface area contributed by atoms with Crippen LogP contribution in [0.4, 0.5) is 8.78 Å². The Labute approximate surface area is 199 Å². The molecule has 33 heavy (non-hydrogen) atoms. The van der Waals surface area contributed by atoms with Gasteiger partial charge in [-0.3, -0.25) is 0 Å². The average molecular weight is 488 g/mol. The normalized spacial score (nSPS) is 12.0. The summed E-state index contributed by atoms with van der Waals surface area (Å²) in [5.41, 5.74) is 8.95. The molecule has 0 amide bonds. The van der Waals surface area contributed by atoms with Crippen molar-refractivity contribution in [2.24, 2.45) is 15.9 Å². The third-order valence-corrected chi connectivity index (χ3v) is 6.08. The lowest BCUT2D eigenvalue weighted by Crippen LogP contribution is -2.06. The van der Waals surface area contributed by atoms with Crippen LogP contribution in [0.1, 0.15) is 34.5 Å². The molecule has 0 saturated heterocycles. The lowest BCUT2D eigenvalue weighted by molar-refractivity contribution is 0.145. The van der Waals surface area contributed by atoms with Crippen LogP contribution in [0, 0.1) is 6.92 Å². The fourth-order valence-corrected chi connectivity index (χ4v) is 4.29. The minimum absolute atomic E-state index is 0.279. The number of alkyl halides is 2. The number of halogens is 2. The smallest absolute Gasteiger partial charge is 0.280 e. The van der Waals surface area contributed by atoms with Crippen molar-refractivity contribution in [1.82, 2.24) is 9.97 Å². The van der Waals surface area contributed by atoms with E-state index in [2.05, 4.69) is 20.2 Å². The quantitative estimate of drug-likeness (QED) is 0.139. The Bertz CT molecular complexity index is 1130. The van der Waals surface area contributed by atoms with Crippen molar-refractivity contribution in [3.8, 4) is 5.75 Å². The maximum absolute atomic E-state index is 13.0. The van der Waals surface area contributed by atoms with Gasteiger partial charge >= 0.3 is 0 Å². The van der Waals surface area contributed by atoms with Gasteiger partial charge in [0.1, 0.15) is 11.4 Å². The molecule has 0 unspecified atom stereocenters. The molecule has 1 heterocycles. The first-order valence-electron chi connectivity index (χ1n) is 9.91. The van der Waals surface area contributed by atoms with E-state index >= 15 is 0 Å². The number of rotatable bonds is 9. The van der Waals surface area contributed by atoms with Gasteiger partial charge in [0, 0.05) is 22.8 Å². The first-order chi connectivity index (χ1) is 15.9. The maximum Gasteiger partial charge on any atom is 0.280 e. The highest BCUT2D eigenvalue weighted by Gasteiger charge is 2.13. The largest absolute Gasteiger partial charge is 0.496 e. The molecule has 0 radical (unpaired) electrons. The fraction of sp³-hybridized carbons (Fsp3) is 0.217. The van der Waals surface area contributed by atoms with Crippen LogP contribution in [0.5, 0.6) is 5.75 Å². The molecular weight excluding hydrogens is 464 g/mol. The monoisotopic (exact) mass is 487 g/mol. The molecule has 0 atom stereocenters. The molecule has 3 rings (SSSR count). The van der Waals surface area contributed by atoms with E-state index < -0.39 is 6.43 Å². The number of nitrogens with zero attached hydrogens (tertiary/aromatic N) is 4. The van der Waals surface area contributed by atoms with E-state index in [1.54, 1.807) is 20.2 Å². The van der Waals surface area contributed by atoms with Crippen LogP contribution in [0.3, 0.4) is 0 Å². The Balaban J connectivity index is 1.65. The van der Waals surface area contributed by atoms with Crippen LogP contribution >= 0.6 is 23.5 Å². The molecule has 0 fully saturated rings. The van der Waals surface area contributed by atoms with Crippen LogP contribution in [-0.2, 0) is 11.5 Å². The topological polar surface area (TPSA) is 85.8 Å². The first-order valence-corrected chi connectivity index (χ1v) is 11.9. The zero-order valence-electron chi connectivity index (χ0n) is 18.1. The zero-order chi connectivity index (χ0) is 23.6. The average Bonchev–Trinajstić information content (AvgIpc) is 2.82. The molecule has 0 aliphatic heterocycles. The molecule has 172 valence electrons. The second-order valence-corrected chi connectivity index (χ2v) is 8.77. The molecule has 6 nitrogen and oxygen atoms in total. The van der Waals surface area contributed by atoms with E-state index in [4.69, 9.17) is 10.5 Å². The lowest BCUT2D eigenvalue weighted by Gasteiger charge is -2.09. The Hall–Kier alpha value is -2.98. The highest BCUT2D eigenvalue weighted by atomic mass is 32.2. The summed E-state index contributed by atoms with van der Waals surface area (Å²) in [7, 11) is 1.57. The van der Waals surface area contributed by atoms with Crippen molar-refractivity contribution in [1.29, 1.82) is 0 Å². The van der Waals surface area contributed by atoms with Crippen molar-refractivity contribution >= 4 is 34.9 Å². The highest BCUT2D eigenvalue weighted by molar-refractivity contribution is 8.13. The van der Waals surface area contributed by atoms with Gasteiger partial charge in [-0.1, -0.05) is 53.9 Å². The molecule has 2 N–H and O–H groups in total. The number of ether oxygens (including phenoxy) is 1. The molecule has 1 aromatic heterocycles. The third kappa shape index (κ3) is 7.83. The number of nitrogens with two attached hydrogens (primary N) is 1. The number of methoxy groups -OCH3 is 1. The minimum Gasteiger partial charge on any atom is -0.496 e. The van der Waals surface area contributed by atoms with Gasteiger partial charge in [-0.2, -0.15) is 5.10 Å². The fourth-order valence-electron chi connectivity index (χ4n) is 2.79. The summed E-state index contributed by atoms with van der Waals surface area (Å²) in [6.45, 7) is 1.67. The summed E-state index contributed by atoms with van der Waals surface area (Å²) in [6.07, 6.45) is -1.04. The molecule has 2 aromatic carbocycles. The van der Waals surface area contributed by atoms with Crippen molar-refractivity contribution in [3.63, 3.8) is 0 Å². The zero-order valence-corrected chi connectivity index (χ0v) is 19.7. The van der Waals surface area contributed by atoms with E-state index in [0.29, 0.717) is 33.3 Å². The molecule has 0 aliphatic rings. The third-order valence-electron chi connectivity index (χ3n) is 4.33. The number of aromatic nitrogens is 2. The van der Waals surface area contributed by atoms with Gasteiger partial charge < -0.3 is 10.5 Å². The van der Waals surface area contributed by atoms with Crippen molar-refractivity contribution < 1.29 is 13.5 Å². The number of benzene rings is 2. The Kier molecular flexibility index (Phi) is 9.20. The molecule has 0 saturated carbocycles. The molecular formula is C23H23F2N5OS2. The van der Waals surface area contributed by atoms with Gasteiger partial charge in [0.15, 0.2) is 10.3 Å². The van der Waals surface area contributed by atoms with Gasteiger partial charge in [-0.05, 0) is 42.3 Å². The number of hydrogen-bond donors (Lipinski definition) is 1. The molecule has 3 aromatic rings. The SMILES string of the molecule is COc1ccc(C=NN=C(N)SCc2ccccc2)cc1CSc1nc(C)cc(C(F)F)n1. The van der Waals surface area contributed by atoms with Gasteiger partial charge in [-0.25, -0.2) is 18.7 Å². The molecule has 0 aliphatic carbocycles. The summed E-state index contributed by atoms with van der Waals surface area (Å²) in [5.74, 6) is 1.82. The predicted octanol–water partition coefficient (Wildman–Crippen LogP) is 5.61. The van der Waals surface area contributed by atoms with Crippen molar-refractivity contribution in [2.75, 3.05) is 7.11 Å². The second kappa shape index (κ2) is 12.3. The summed E-state index contributed by atoms with van der Waals surface area (Å²) < 4.78 is 31.5. The van der Waals surface area contributed by atoms with Crippen molar-refractivity contribution in [2.45, 2.75) is 30.0 Å².